The summed E-state index contributed by atoms with van der Waals surface area (Å²) in [5, 5.41) is 9.19. The summed E-state index contributed by atoms with van der Waals surface area (Å²) < 4.78 is 13.4. The molecule has 0 radical (unpaired) electrons. The number of nitrogens with zero attached hydrogens (tertiary/aromatic N) is 2. The topological polar surface area (TPSA) is 69.3 Å². The molecule has 4 rings (SSSR count). The quantitative estimate of drug-likeness (QED) is 0.527. The number of hydrogen-bond acceptors (Lipinski definition) is 4. The van der Waals surface area contributed by atoms with Gasteiger partial charge in [-0.15, -0.1) is 0 Å². The molecular formula is C22H21N3O3. The highest BCUT2D eigenvalue weighted by molar-refractivity contribution is 5.91. The number of furan rings is 1. The number of nitrogens with one attached hydrogen (secondary N) is 1. The Labute approximate surface area is 162 Å². The van der Waals surface area contributed by atoms with Gasteiger partial charge in [0.25, 0.3) is 5.91 Å². The Morgan fingerprint density at radius 3 is 2.86 bits per heavy atom. The number of ether oxygens (including phenoxy) is 1. The van der Waals surface area contributed by atoms with Gasteiger partial charge >= 0.3 is 0 Å². The number of fused-ring (bicyclic) bond motifs is 1. The molecule has 0 atom stereocenters. The molecule has 0 aliphatic rings. The first-order valence-corrected chi connectivity index (χ1v) is 9.21. The summed E-state index contributed by atoms with van der Waals surface area (Å²) in [6.07, 6.45) is 3.65. The lowest BCUT2D eigenvalue weighted by Gasteiger charge is -2.08. The van der Waals surface area contributed by atoms with E-state index in [1.807, 2.05) is 60.3 Å². The van der Waals surface area contributed by atoms with Crippen molar-refractivity contribution in [2.24, 2.45) is 0 Å². The fraction of sp³-hybridized carbons (Fsp3) is 0.182. The highest BCUT2D eigenvalue weighted by Crippen LogP contribution is 2.26. The smallest absolute Gasteiger partial charge is 0.287 e. The molecule has 1 N–H and O–H groups in total. The minimum absolute atomic E-state index is 0.255. The summed E-state index contributed by atoms with van der Waals surface area (Å²) in [5.74, 6) is 1.38. The largest absolute Gasteiger partial charge is 0.485 e. The lowest BCUT2D eigenvalue weighted by Crippen LogP contribution is -2.22. The minimum Gasteiger partial charge on any atom is -0.485 e. The van der Waals surface area contributed by atoms with Crippen molar-refractivity contribution in [3.8, 4) is 5.75 Å². The van der Waals surface area contributed by atoms with Crippen LogP contribution in [-0.2, 0) is 19.7 Å². The SMILES string of the molecule is CCn1cc(CNC(=O)c2ccc(COc3cccc4ccccc34)o2)cn1. The van der Waals surface area contributed by atoms with E-state index >= 15 is 0 Å². The van der Waals surface area contributed by atoms with E-state index in [1.54, 1.807) is 18.3 Å². The second-order valence-corrected chi connectivity index (χ2v) is 6.42. The third-order valence-electron chi connectivity index (χ3n) is 4.47. The molecule has 0 aliphatic heterocycles. The molecule has 6 nitrogen and oxygen atoms in total. The number of rotatable bonds is 7. The maximum absolute atomic E-state index is 12.3. The molecular weight excluding hydrogens is 354 g/mol. The first-order valence-electron chi connectivity index (χ1n) is 9.21. The lowest BCUT2D eigenvalue weighted by molar-refractivity contribution is 0.0919. The molecule has 28 heavy (non-hydrogen) atoms. The van der Waals surface area contributed by atoms with Crippen molar-refractivity contribution in [3.05, 3.63) is 84.1 Å². The van der Waals surface area contributed by atoms with Gasteiger partial charge in [0.1, 0.15) is 18.1 Å². The number of amides is 1. The number of benzene rings is 2. The van der Waals surface area contributed by atoms with Gasteiger partial charge in [0, 0.05) is 30.2 Å². The summed E-state index contributed by atoms with van der Waals surface area (Å²) in [6.45, 7) is 3.47. The predicted octanol–water partition coefficient (Wildman–Crippen LogP) is 4.16. The van der Waals surface area contributed by atoms with E-state index in [0.717, 1.165) is 28.6 Å². The molecule has 0 unspecified atom stereocenters. The highest BCUT2D eigenvalue weighted by atomic mass is 16.5. The predicted molar refractivity (Wildman–Crippen MR) is 106 cm³/mol. The molecule has 142 valence electrons. The van der Waals surface area contributed by atoms with Gasteiger partial charge in [-0.05, 0) is 30.5 Å². The summed E-state index contributed by atoms with van der Waals surface area (Å²) in [4.78, 5) is 12.3. The Balaban J connectivity index is 1.36. The van der Waals surface area contributed by atoms with Crippen molar-refractivity contribution in [1.29, 1.82) is 0 Å². The van der Waals surface area contributed by atoms with Crippen LogP contribution in [0.4, 0.5) is 0 Å². The number of aromatic nitrogens is 2. The van der Waals surface area contributed by atoms with Gasteiger partial charge in [0.05, 0.1) is 6.20 Å². The van der Waals surface area contributed by atoms with Gasteiger partial charge < -0.3 is 14.5 Å². The standard InChI is InChI=1S/C22H21N3O3/c1-2-25-14-16(13-24-25)12-23-22(26)21-11-10-18(28-21)15-27-20-9-5-7-17-6-3-4-8-19(17)20/h3-11,13-14H,2,12,15H2,1H3,(H,23,26). The molecule has 6 heteroatoms. The van der Waals surface area contributed by atoms with Crippen LogP contribution in [0, 0.1) is 0 Å². The molecule has 0 saturated heterocycles. The van der Waals surface area contributed by atoms with Crippen LogP contribution in [0.15, 0.2) is 71.4 Å². The Morgan fingerprint density at radius 2 is 2.00 bits per heavy atom. The summed E-state index contributed by atoms with van der Waals surface area (Å²) in [5.41, 5.74) is 0.946. The molecule has 0 bridgehead atoms. The van der Waals surface area contributed by atoms with Crippen LogP contribution in [0.25, 0.3) is 10.8 Å². The van der Waals surface area contributed by atoms with E-state index in [0.29, 0.717) is 12.3 Å². The van der Waals surface area contributed by atoms with Gasteiger partial charge in [-0.3, -0.25) is 9.48 Å². The van der Waals surface area contributed by atoms with Gasteiger partial charge in [-0.2, -0.15) is 5.10 Å². The highest BCUT2D eigenvalue weighted by Gasteiger charge is 2.12. The molecule has 2 aromatic heterocycles. The number of hydrogen-bond donors (Lipinski definition) is 1. The zero-order valence-electron chi connectivity index (χ0n) is 15.6. The van der Waals surface area contributed by atoms with Crippen molar-refractivity contribution < 1.29 is 13.9 Å². The fourth-order valence-electron chi connectivity index (χ4n) is 2.99. The van der Waals surface area contributed by atoms with E-state index in [2.05, 4.69) is 10.4 Å². The van der Waals surface area contributed by atoms with Crippen molar-refractivity contribution >= 4 is 16.7 Å². The second-order valence-electron chi connectivity index (χ2n) is 6.42. The molecule has 0 spiro atoms. The molecule has 4 aromatic rings. The molecule has 0 saturated carbocycles. The van der Waals surface area contributed by atoms with Gasteiger partial charge in [-0.25, -0.2) is 0 Å². The van der Waals surface area contributed by atoms with E-state index in [4.69, 9.17) is 9.15 Å². The Morgan fingerprint density at radius 1 is 1.14 bits per heavy atom. The zero-order valence-corrected chi connectivity index (χ0v) is 15.6. The summed E-state index contributed by atoms with van der Waals surface area (Å²) in [6, 6.07) is 17.4. The fourth-order valence-corrected chi connectivity index (χ4v) is 2.99. The number of carbonyl (C=O) groups excluding carboxylic acids is 1. The summed E-state index contributed by atoms with van der Waals surface area (Å²) >= 11 is 0. The van der Waals surface area contributed by atoms with Crippen LogP contribution in [0.3, 0.4) is 0 Å². The van der Waals surface area contributed by atoms with Crippen LogP contribution < -0.4 is 10.1 Å². The Bertz CT molecular complexity index is 1090. The number of carbonyl (C=O) groups is 1. The van der Waals surface area contributed by atoms with Gasteiger partial charge in [0.15, 0.2) is 5.76 Å². The van der Waals surface area contributed by atoms with Crippen LogP contribution in [0.1, 0.15) is 28.8 Å². The third-order valence-corrected chi connectivity index (χ3v) is 4.47. The average molecular weight is 375 g/mol. The van der Waals surface area contributed by atoms with Crippen molar-refractivity contribution in [1.82, 2.24) is 15.1 Å². The first-order chi connectivity index (χ1) is 13.7. The number of aryl methyl sites for hydroxylation is 1. The van der Waals surface area contributed by atoms with E-state index in [9.17, 15) is 4.79 Å². The second kappa shape index (κ2) is 8.00. The van der Waals surface area contributed by atoms with Crippen LogP contribution >= 0.6 is 0 Å². The van der Waals surface area contributed by atoms with Crippen LogP contribution in [-0.4, -0.2) is 15.7 Å². The minimum atomic E-state index is -0.263. The Hall–Kier alpha value is -3.54. The van der Waals surface area contributed by atoms with Crippen molar-refractivity contribution in [2.45, 2.75) is 26.6 Å². The first kappa shape index (κ1) is 17.9. The lowest BCUT2D eigenvalue weighted by atomic mass is 10.1. The van der Waals surface area contributed by atoms with Crippen LogP contribution in [0.2, 0.25) is 0 Å². The maximum Gasteiger partial charge on any atom is 0.287 e. The van der Waals surface area contributed by atoms with Gasteiger partial charge in [0.2, 0.25) is 0 Å². The molecule has 2 aromatic carbocycles. The molecule has 0 fully saturated rings. The normalized spacial score (nSPS) is 10.9. The molecule has 1 amide bonds. The maximum atomic E-state index is 12.3. The molecule has 2 heterocycles. The Kier molecular flexibility index (Phi) is 5.10. The van der Waals surface area contributed by atoms with Crippen molar-refractivity contribution in [2.75, 3.05) is 0 Å². The van der Waals surface area contributed by atoms with E-state index in [1.165, 1.54) is 0 Å². The molecule has 0 aliphatic carbocycles. The van der Waals surface area contributed by atoms with E-state index in [-0.39, 0.29) is 18.3 Å². The van der Waals surface area contributed by atoms with Crippen LogP contribution in [0.5, 0.6) is 5.75 Å². The van der Waals surface area contributed by atoms with E-state index < -0.39 is 0 Å². The van der Waals surface area contributed by atoms with Gasteiger partial charge in [-0.1, -0.05) is 36.4 Å². The average Bonchev–Trinajstić information content (AvgIpc) is 3.40. The van der Waals surface area contributed by atoms with Crippen molar-refractivity contribution in [3.63, 3.8) is 0 Å². The third kappa shape index (κ3) is 3.91. The zero-order chi connectivity index (χ0) is 19.3. The summed E-state index contributed by atoms with van der Waals surface area (Å²) in [7, 11) is 0. The monoisotopic (exact) mass is 375 g/mol.